The number of hydrogen-bond donors (Lipinski definition) is 1. The summed E-state index contributed by atoms with van der Waals surface area (Å²) in [6, 6.07) is 4.35. The molecule has 2 fully saturated rings. The molecular weight excluding hydrogens is 300 g/mol. The molecule has 2 N–H and O–H groups in total. The maximum Gasteiger partial charge on any atom is 0.225 e. The van der Waals surface area contributed by atoms with Crippen molar-refractivity contribution in [3.63, 3.8) is 0 Å². The molecule has 5 heteroatoms. The third-order valence-electron chi connectivity index (χ3n) is 5.58. The summed E-state index contributed by atoms with van der Waals surface area (Å²) in [6.45, 7) is 7.69. The first-order valence-corrected chi connectivity index (χ1v) is 9.26. The predicted octanol–water partition coefficient (Wildman–Crippen LogP) is 2.19. The zero-order valence-electron chi connectivity index (χ0n) is 14.9. The van der Waals surface area contributed by atoms with Crippen molar-refractivity contribution in [2.45, 2.75) is 45.6 Å². The molecule has 1 aromatic heterocycles. The minimum atomic E-state index is 0.165. The minimum absolute atomic E-state index is 0.165. The molecule has 3 heterocycles. The van der Waals surface area contributed by atoms with Gasteiger partial charge in [-0.05, 0) is 57.1 Å². The smallest absolute Gasteiger partial charge is 0.225 e. The number of hydrogen-bond acceptors (Lipinski definition) is 4. The molecule has 2 atom stereocenters. The highest BCUT2D eigenvalue weighted by Gasteiger charge is 2.32. The van der Waals surface area contributed by atoms with Crippen molar-refractivity contribution >= 4 is 11.7 Å². The Balaban J connectivity index is 1.54. The molecule has 0 aliphatic carbocycles. The second-order valence-corrected chi connectivity index (χ2v) is 7.50. The van der Waals surface area contributed by atoms with Crippen LogP contribution in [-0.4, -0.2) is 48.0 Å². The van der Waals surface area contributed by atoms with Gasteiger partial charge in [0.25, 0.3) is 0 Å². The van der Waals surface area contributed by atoms with Crippen molar-refractivity contribution in [1.29, 1.82) is 0 Å². The number of amides is 1. The van der Waals surface area contributed by atoms with E-state index in [-0.39, 0.29) is 12.0 Å². The lowest BCUT2D eigenvalue weighted by Gasteiger charge is -2.39. The molecule has 0 radical (unpaired) electrons. The summed E-state index contributed by atoms with van der Waals surface area (Å²) in [5, 5.41) is 0. The number of nitrogens with two attached hydrogens (primary N) is 1. The average Bonchev–Trinajstić information content (AvgIpc) is 2.62. The van der Waals surface area contributed by atoms with Gasteiger partial charge in [0.15, 0.2) is 0 Å². The molecular formula is C19H30N4O. The number of aryl methyl sites for hydroxylation is 1. The van der Waals surface area contributed by atoms with Crippen LogP contribution in [0, 0.1) is 18.8 Å². The Morgan fingerprint density at radius 2 is 2.00 bits per heavy atom. The molecule has 5 nitrogen and oxygen atoms in total. The monoisotopic (exact) mass is 330 g/mol. The van der Waals surface area contributed by atoms with Crippen LogP contribution in [-0.2, 0) is 4.79 Å². The fraction of sp³-hybridized carbons (Fsp3) is 0.684. The van der Waals surface area contributed by atoms with Gasteiger partial charge >= 0.3 is 0 Å². The van der Waals surface area contributed by atoms with E-state index in [4.69, 9.17) is 5.73 Å². The van der Waals surface area contributed by atoms with Crippen molar-refractivity contribution in [3.05, 3.63) is 23.9 Å². The third kappa shape index (κ3) is 3.89. The van der Waals surface area contributed by atoms with Gasteiger partial charge < -0.3 is 15.5 Å². The molecule has 0 spiro atoms. The molecule has 2 aliphatic heterocycles. The van der Waals surface area contributed by atoms with Crippen LogP contribution in [0.1, 0.15) is 38.2 Å². The summed E-state index contributed by atoms with van der Waals surface area (Å²) in [6.07, 6.45) is 6.00. The van der Waals surface area contributed by atoms with E-state index < -0.39 is 0 Å². The maximum atomic E-state index is 12.9. The second kappa shape index (κ2) is 7.51. The molecule has 1 aromatic rings. The molecule has 132 valence electrons. The predicted molar refractivity (Wildman–Crippen MR) is 96.9 cm³/mol. The number of rotatable bonds is 3. The molecule has 0 bridgehead atoms. The maximum absolute atomic E-state index is 12.9. The lowest BCUT2D eigenvalue weighted by Crippen LogP contribution is -2.49. The van der Waals surface area contributed by atoms with Crippen LogP contribution in [0.15, 0.2) is 18.3 Å². The van der Waals surface area contributed by atoms with E-state index in [1.165, 1.54) is 5.56 Å². The van der Waals surface area contributed by atoms with E-state index in [9.17, 15) is 4.79 Å². The summed E-state index contributed by atoms with van der Waals surface area (Å²) < 4.78 is 0. The molecule has 24 heavy (non-hydrogen) atoms. The van der Waals surface area contributed by atoms with E-state index in [1.54, 1.807) is 0 Å². The van der Waals surface area contributed by atoms with Gasteiger partial charge in [-0.25, -0.2) is 4.98 Å². The van der Waals surface area contributed by atoms with Crippen LogP contribution < -0.4 is 10.6 Å². The molecule has 3 rings (SSSR count). The molecule has 2 aliphatic rings. The number of piperidine rings is 2. The quantitative estimate of drug-likeness (QED) is 0.923. The molecule has 0 aromatic carbocycles. The SMILES string of the molecule is Cc1ccc(N2CCC(C(=O)N3CCC[C@H]([C@@H](C)N)C3)CC2)nc1. The summed E-state index contributed by atoms with van der Waals surface area (Å²) in [4.78, 5) is 21.7. The van der Waals surface area contributed by atoms with E-state index in [0.717, 1.165) is 57.7 Å². The van der Waals surface area contributed by atoms with Crippen molar-refractivity contribution in [1.82, 2.24) is 9.88 Å². The van der Waals surface area contributed by atoms with Gasteiger partial charge in [0.1, 0.15) is 5.82 Å². The number of carbonyl (C=O) groups is 1. The van der Waals surface area contributed by atoms with Gasteiger partial charge in [-0.1, -0.05) is 6.07 Å². The number of likely N-dealkylation sites (tertiary alicyclic amines) is 1. The zero-order valence-corrected chi connectivity index (χ0v) is 14.9. The zero-order chi connectivity index (χ0) is 17.1. The molecule has 1 amide bonds. The topological polar surface area (TPSA) is 62.5 Å². The van der Waals surface area contributed by atoms with Gasteiger partial charge in [0, 0.05) is 44.3 Å². The molecule has 0 saturated carbocycles. The summed E-state index contributed by atoms with van der Waals surface area (Å²) in [5.74, 6) is 2.00. The van der Waals surface area contributed by atoms with E-state index in [2.05, 4.69) is 40.8 Å². The lowest BCUT2D eigenvalue weighted by molar-refractivity contribution is -0.138. The molecule has 2 saturated heterocycles. The summed E-state index contributed by atoms with van der Waals surface area (Å²) >= 11 is 0. The van der Waals surface area contributed by atoms with Crippen molar-refractivity contribution in [3.8, 4) is 0 Å². The Morgan fingerprint density at radius 3 is 2.62 bits per heavy atom. The van der Waals surface area contributed by atoms with E-state index in [0.29, 0.717) is 11.8 Å². The van der Waals surface area contributed by atoms with Gasteiger partial charge in [0.05, 0.1) is 0 Å². The van der Waals surface area contributed by atoms with Crippen LogP contribution in [0.2, 0.25) is 0 Å². The Hall–Kier alpha value is -1.62. The first-order valence-electron chi connectivity index (χ1n) is 9.26. The van der Waals surface area contributed by atoms with Crippen molar-refractivity contribution in [2.24, 2.45) is 17.6 Å². The van der Waals surface area contributed by atoms with Crippen LogP contribution in [0.4, 0.5) is 5.82 Å². The molecule has 0 unspecified atom stereocenters. The van der Waals surface area contributed by atoms with Gasteiger partial charge in [-0.3, -0.25) is 4.79 Å². The first-order chi connectivity index (χ1) is 11.5. The highest BCUT2D eigenvalue weighted by Crippen LogP contribution is 2.26. The highest BCUT2D eigenvalue weighted by atomic mass is 16.2. The highest BCUT2D eigenvalue weighted by molar-refractivity contribution is 5.79. The van der Waals surface area contributed by atoms with Crippen molar-refractivity contribution in [2.75, 3.05) is 31.1 Å². The van der Waals surface area contributed by atoms with Gasteiger partial charge in [-0.2, -0.15) is 0 Å². The minimum Gasteiger partial charge on any atom is -0.357 e. The normalized spacial score (nSPS) is 24.0. The Morgan fingerprint density at radius 1 is 1.25 bits per heavy atom. The number of aromatic nitrogens is 1. The first kappa shape index (κ1) is 17.2. The third-order valence-corrected chi connectivity index (χ3v) is 5.58. The summed E-state index contributed by atoms with van der Waals surface area (Å²) in [7, 11) is 0. The van der Waals surface area contributed by atoms with Crippen molar-refractivity contribution < 1.29 is 4.79 Å². The standard InChI is InChI=1S/C19H30N4O/c1-14-5-6-18(21-12-14)22-10-7-16(8-11-22)19(24)23-9-3-4-17(13-23)15(2)20/h5-6,12,15-17H,3-4,7-11,13,20H2,1-2H3/t15-,17+/m1/s1. The fourth-order valence-electron chi connectivity index (χ4n) is 3.90. The van der Waals surface area contributed by atoms with Crippen LogP contribution in [0.25, 0.3) is 0 Å². The number of anilines is 1. The Kier molecular flexibility index (Phi) is 5.39. The number of carbonyl (C=O) groups excluding carboxylic acids is 1. The van der Waals surface area contributed by atoms with Crippen LogP contribution >= 0.6 is 0 Å². The van der Waals surface area contributed by atoms with E-state index >= 15 is 0 Å². The Labute approximate surface area is 145 Å². The van der Waals surface area contributed by atoms with Crippen LogP contribution in [0.5, 0.6) is 0 Å². The largest absolute Gasteiger partial charge is 0.357 e. The van der Waals surface area contributed by atoms with Crippen LogP contribution in [0.3, 0.4) is 0 Å². The number of nitrogens with zero attached hydrogens (tertiary/aromatic N) is 3. The second-order valence-electron chi connectivity index (χ2n) is 7.50. The number of pyridine rings is 1. The average molecular weight is 330 g/mol. The Bertz CT molecular complexity index is 549. The van der Waals surface area contributed by atoms with Gasteiger partial charge in [-0.15, -0.1) is 0 Å². The summed E-state index contributed by atoms with van der Waals surface area (Å²) in [5.41, 5.74) is 7.23. The fourth-order valence-corrected chi connectivity index (χ4v) is 3.90. The lowest BCUT2D eigenvalue weighted by atomic mass is 9.89. The van der Waals surface area contributed by atoms with E-state index in [1.807, 2.05) is 6.20 Å². The van der Waals surface area contributed by atoms with Gasteiger partial charge in [0.2, 0.25) is 5.91 Å².